The minimum atomic E-state index is -0.239. The first-order valence-corrected chi connectivity index (χ1v) is 6.65. The second kappa shape index (κ2) is 6.47. The predicted molar refractivity (Wildman–Crippen MR) is 67.3 cm³/mol. The van der Waals surface area contributed by atoms with E-state index in [1.54, 1.807) is 6.07 Å². The molecule has 0 bridgehead atoms. The maximum atomic E-state index is 13.2. The third kappa shape index (κ3) is 3.76. The van der Waals surface area contributed by atoms with Crippen LogP contribution in [0, 0.1) is 11.7 Å². The molecule has 1 aliphatic rings. The van der Waals surface area contributed by atoms with E-state index in [-0.39, 0.29) is 5.82 Å². The van der Waals surface area contributed by atoms with Gasteiger partial charge in [-0.05, 0) is 46.3 Å². The molecule has 0 aromatic heterocycles. The van der Waals surface area contributed by atoms with Crippen LogP contribution in [0.4, 0.5) is 4.39 Å². The molecule has 1 aliphatic heterocycles. The topological polar surface area (TPSA) is 18.5 Å². The second-order valence-corrected chi connectivity index (χ2v) is 5.08. The quantitative estimate of drug-likeness (QED) is 0.847. The lowest BCUT2D eigenvalue weighted by molar-refractivity contribution is 0.0156. The highest BCUT2D eigenvalue weighted by molar-refractivity contribution is 9.10. The molecule has 1 fully saturated rings. The average Bonchev–Trinajstić information content (AvgIpc) is 2.36. The van der Waals surface area contributed by atoms with E-state index in [4.69, 9.17) is 9.47 Å². The number of benzene rings is 1. The maximum absolute atomic E-state index is 13.2. The molecular formula is C13H16BrFO2. The van der Waals surface area contributed by atoms with E-state index in [2.05, 4.69) is 15.9 Å². The van der Waals surface area contributed by atoms with Gasteiger partial charge in [-0.3, -0.25) is 0 Å². The molecule has 0 aliphatic carbocycles. The van der Waals surface area contributed by atoms with Gasteiger partial charge in [0, 0.05) is 13.2 Å². The summed E-state index contributed by atoms with van der Waals surface area (Å²) in [7, 11) is 0. The molecule has 1 heterocycles. The molecule has 0 radical (unpaired) electrons. The van der Waals surface area contributed by atoms with Gasteiger partial charge in [0.2, 0.25) is 0 Å². The Balaban J connectivity index is 1.79. The Labute approximate surface area is 109 Å². The lowest BCUT2D eigenvalue weighted by Crippen LogP contribution is -2.20. The molecule has 0 unspecified atom stereocenters. The Hall–Kier alpha value is -0.450. The number of halogens is 2. The van der Waals surface area contributed by atoms with Crippen molar-refractivity contribution >= 4 is 15.9 Å². The molecule has 17 heavy (non-hydrogen) atoms. The van der Waals surface area contributed by atoms with Crippen LogP contribution >= 0.6 is 15.9 Å². The van der Waals surface area contributed by atoms with Crippen molar-refractivity contribution in [2.45, 2.75) is 19.4 Å². The maximum Gasteiger partial charge on any atom is 0.137 e. The van der Waals surface area contributed by atoms with Gasteiger partial charge in [0.15, 0.2) is 0 Å². The molecule has 94 valence electrons. The third-order valence-corrected chi connectivity index (χ3v) is 3.87. The minimum Gasteiger partial charge on any atom is -0.381 e. The zero-order valence-corrected chi connectivity index (χ0v) is 11.2. The molecule has 0 spiro atoms. The van der Waals surface area contributed by atoms with Gasteiger partial charge in [-0.1, -0.05) is 12.1 Å². The zero-order chi connectivity index (χ0) is 12.1. The molecule has 2 nitrogen and oxygen atoms in total. The van der Waals surface area contributed by atoms with Gasteiger partial charge in [0.25, 0.3) is 0 Å². The largest absolute Gasteiger partial charge is 0.381 e. The smallest absolute Gasteiger partial charge is 0.137 e. The third-order valence-electron chi connectivity index (χ3n) is 2.98. The zero-order valence-electron chi connectivity index (χ0n) is 9.62. The van der Waals surface area contributed by atoms with E-state index >= 15 is 0 Å². The van der Waals surface area contributed by atoms with E-state index in [0.717, 1.165) is 38.2 Å². The highest BCUT2D eigenvalue weighted by Gasteiger charge is 2.14. The van der Waals surface area contributed by atoms with Gasteiger partial charge in [-0.15, -0.1) is 0 Å². The van der Waals surface area contributed by atoms with E-state index < -0.39 is 0 Å². The summed E-state index contributed by atoms with van der Waals surface area (Å²) in [6.45, 7) is 2.84. The summed E-state index contributed by atoms with van der Waals surface area (Å²) in [5.41, 5.74) is 0.858. The van der Waals surface area contributed by atoms with Crippen LogP contribution in [-0.4, -0.2) is 19.8 Å². The van der Waals surface area contributed by atoms with Crippen molar-refractivity contribution in [2.75, 3.05) is 19.8 Å². The number of rotatable bonds is 4. The summed E-state index contributed by atoms with van der Waals surface area (Å²) in [6.07, 6.45) is 2.12. The van der Waals surface area contributed by atoms with E-state index in [1.807, 2.05) is 6.07 Å². The van der Waals surface area contributed by atoms with Gasteiger partial charge in [-0.25, -0.2) is 4.39 Å². The van der Waals surface area contributed by atoms with Gasteiger partial charge in [0.05, 0.1) is 17.7 Å². The van der Waals surface area contributed by atoms with Crippen LogP contribution < -0.4 is 0 Å². The first-order chi connectivity index (χ1) is 8.27. The molecule has 2 rings (SSSR count). The van der Waals surface area contributed by atoms with Crippen LogP contribution in [0.1, 0.15) is 18.4 Å². The predicted octanol–water partition coefficient (Wildman–Crippen LogP) is 3.53. The molecule has 1 aromatic carbocycles. The van der Waals surface area contributed by atoms with E-state index in [1.165, 1.54) is 6.07 Å². The Morgan fingerprint density at radius 3 is 2.88 bits per heavy atom. The first-order valence-electron chi connectivity index (χ1n) is 5.85. The summed E-state index contributed by atoms with van der Waals surface area (Å²) >= 11 is 3.23. The number of hydrogen-bond donors (Lipinski definition) is 0. The van der Waals surface area contributed by atoms with E-state index in [0.29, 0.717) is 17.0 Å². The Morgan fingerprint density at radius 1 is 1.35 bits per heavy atom. The van der Waals surface area contributed by atoms with Crippen LogP contribution in [0.15, 0.2) is 22.7 Å². The minimum absolute atomic E-state index is 0.239. The van der Waals surface area contributed by atoms with Crippen LogP contribution in [0.3, 0.4) is 0 Å². The first kappa shape index (κ1) is 13.0. The normalized spacial score (nSPS) is 17.3. The molecule has 0 saturated carbocycles. The van der Waals surface area contributed by atoms with Crippen molar-refractivity contribution in [3.05, 3.63) is 34.1 Å². The summed E-state index contributed by atoms with van der Waals surface area (Å²) in [6, 6.07) is 5.01. The van der Waals surface area contributed by atoms with Crippen molar-refractivity contribution < 1.29 is 13.9 Å². The summed E-state index contributed by atoms with van der Waals surface area (Å²) < 4.78 is 24.7. The highest BCUT2D eigenvalue weighted by Crippen LogP contribution is 2.22. The summed E-state index contributed by atoms with van der Waals surface area (Å²) in [5, 5.41) is 0. The van der Waals surface area contributed by atoms with Crippen LogP contribution in [0.2, 0.25) is 0 Å². The monoisotopic (exact) mass is 302 g/mol. The standard InChI is InChI=1S/C13H16BrFO2/c14-13-11(2-1-3-12(13)15)9-17-8-10-4-6-16-7-5-10/h1-3,10H,4-9H2. The molecule has 1 aromatic rings. The summed E-state index contributed by atoms with van der Waals surface area (Å²) in [5.74, 6) is 0.341. The van der Waals surface area contributed by atoms with Crippen molar-refractivity contribution in [3.63, 3.8) is 0 Å². The van der Waals surface area contributed by atoms with Crippen molar-refractivity contribution in [1.82, 2.24) is 0 Å². The Morgan fingerprint density at radius 2 is 2.12 bits per heavy atom. The molecular weight excluding hydrogens is 287 g/mol. The molecule has 0 N–H and O–H groups in total. The van der Waals surface area contributed by atoms with Gasteiger partial charge in [0.1, 0.15) is 5.82 Å². The van der Waals surface area contributed by atoms with Crippen molar-refractivity contribution in [1.29, 1.82) is 0 Å². The number of ether oxygens (including phenoxy) is 2. The highest BCUT2D eigenvalue weighted by atomic mass is 79.9. The van der Waals surface area contributed by atoms with Crippen LogP contribution in [-0.2, 0) is 16.1 Å². The SMILES string of the molecule is Fc1cccc(COCC2CCOCC2)c1Br. The molecule has 0 amide bonds. The lowest BCUT2D eigenvalue weighted by Gasteiger charge is -2.21. The van der Waals surface area contributed by atoms with Crippen LogP contribution in [0.25, 0.3) is 0 Å². The fourth-order valence-corrected chi connectivity index (χ4v) is 2.29. The molecule has 4 heteroatoms. The Kier molecular flexibility index (Phi) is 4.95. The summed E-state index contributed by atoms with van der Waals surface area (Å²) in [4.78, 5) is 0. The Bertz CT molecular complexity index is 364. The van der Waals surface area contributed by atoms with Crippen molar-refractivity contribution in [2.24, 2.45) is 5.92 Å². The van der Waals surface area contributed by atoms with Crippen molar-refractivity contribution in [3.8, 4) is 0 Å². The fraction of sp³-hybridized carbons (Fsp3) is 0.538. The number of hydrogen-bond acceptors (Lipinski definition) is 2. The lowest BCUT2D eigenvalue weighted by atomic mass is 10.0. The second-order valence-electron chi connectivity index (χ2n) is 4.28. The average molecular weight is 303 g/mol. The van der Waals surface area contributed by atoms with E-state index in [9.17, 15) is 4.39 Å². The van der Waals surface area contributed by atoms with Crippen LogP contribution in [0.5, 0.6) is 0 Å². The molecule has 1 saturated heterocycles. The molecule has 0 atom stereocenters. The van der Waals surface area contributed by atoms with Gasteiger partial charge >= 0.3 is 0 Å². The van der Waals surface area contributed by atoms with Gasteiger partial charge < -0.3 is 9.47 Å². The van der Waals surface area contributed by atoms with Gasteiger partial charge in [-0.2, -0.15) is 0 Å². The fourth-order valence-electron chi connectivity index (χ4n) is 1.91.